The molecule has 1 heterocycles. The molecule has 1 aromatic carbocycles. The third kappa shape index (κ3) is 2.77. The van der Waals surface area contributed by atoms with Gasteiger partial charge in [-0.3, -0.25) is 0 Å². The van der Waals surface area contributed by atoms with E-state index in [2.05, 4.69) is 22.3 Å². The van der Waals surface area contributed by atoms with Gasteiger partial charge in [0.1, 0.15) is 5.51 Å². The van der Waals surface area contributed by atoms with Crippen molar-refractivity contribution in [1.29, 1.82) is 0 Å². The molecule has 78 valence electrons. The van der Waals surface area contributed by atoms with Crippen molar-refractivity contribution in [1.82, 2.24) is 10.2 Å². The largest absolute Gasteiger partial charge is 0.324 e. The van der Waals surface area contributed by atoms with Gasteiger partial charge in [0.05, 0.1) is 0 Å². The fraction of sp³-hybridized carbons (Fsp3) is 0.200. The van der Waals surface area contributed by atoms with Crippen molar-refractivity contribution in [2.45, 2.75) is 22.2 Å². The van der Waals surface area contributed by atoms with Crippen molar-refractivity contribution in [2.24, 2.45) is 5.73 Å². The van der Waals surface area contributed by atoms with Crippen LogP contribution in [0.4, 0.5) is 0 Å². The van der Waals surface area contributed by atoms with Gasteiger partial charge in [0.25, 0.3) is 0 Å². The lowest BCUT2D eigenvalue weighted by atomic mass is 10.1. The summed E-state index contributed by atoms with van der Waals surface area (Å²) in [5.41, 5.74) is 8.66. The highest BCUT2D eigenvalue weighted by atomic mass is 32.2. The van der Waals surface area contributed by atoms with Gasteiger partial charge in [-0.15, -0.1) is 10.2 Å². The Kier molecular flexibility index (Phi) is 3.35. The molecule has 2 rings (SSSR count). The number of nitrogens with two attached hydrogens (primary N) is 1. The SMILES string of the molecule is C[C@@H](N)c1ccc(Sc2nncs2)cc1. The van der Waals surface area contributed by atoms with Crippen LogP contribution >= 0.6 is 23.1 Å². The maximum Gasteiger partial charge on any atom is 0.178 e. The fourth-order valence-electron chi connectivity index (χ4n) is 1.15. The van der Waals surface area contributed by atoms with E-state index >= 15 is 0 Å². The Morgan fingerprint density at radius 2 is 2.07 bits per heavy atom. The van der Waals surface area contributed by atoms with Crippen LogP contribution in [0.2, 0.25) is 0 Å². The van der Waals surface area contributed by atoms with Gasteiger partial charge in [0.15, 0.2) is 4.34 Å². The van der Waals surface area contributed by atoms with Crippen LogP contribution < -0.4 is 5.73 Å². The highest BCUT2D eigenvalue weighted by Crippen LogP contribution is 2.28. The summed E-state index contributed by atoms with van der Waals surface area (Å²) in [5, 5.41) is 7.77. The Bertz CT molecular complexity index is 409. The Morgan fingerprint density at radius 1 is 1.33 bits per heavy atom. The van der Waals surface area contributed by atoms with Crippen molar-refractivity contribution in [3.05, 3.63) is 35.3 Å². The van der Waals surface area contributed by atoms with E-state index in [4.69, 9.17) is 5.73 Å². The Labute approximate surface area is 96.7 Å². The summed E-state index contributed by atoms with van der Waals surface area (Å²) >= 11 is 3.16. The van der Waals surface area contributed by atoms with E-state index in [0.717, 1.165) is 14.8 Å². The normalized spacial score (nSPS) is 12.7. The van der Waals surface area contributed by atoms with Gasteiger partial charge in [0.2, 0.25) is 0 Å². The molecule has 1 atom stereocenters. The minimum absolute atomic E-state index is 0.0885. The van der Waals surface area contributed by atoms with E-state index in [0.29, 0.717) is 0 Å². The van der Waals surface area contributed by atoms with Crippen molar-refractivity contribution in [3.63, 3.8) is 0 Å². The lowest BCUT2D eigenvalue weighted by molar-refractivity contribution is 0.817. The summed E-state index contributed by atoms with van der Waals surface area (Å²) < 4.78 is 0.962. The molecule has 0 fully saturated rings. The van der Waals surface area contributed by atoms with Gasteiger partial charge < -0.3 is 5.73 Å². The number of nitrogens with zero attached hydrogens (tertiary/aromatic N) is 2. The monoisotopic (exact) mass is 237 g/mol. The molecule has 0 spiro atoms. The van der Waals surface area contributed by atoms with Crippen molar-refractivity contribution in [2.75, 3.05) is 0 Å². The van der Waals surface area contributed by atoms with E-state index in [-0.39, 0.29) is 6.04 Å². The fourth-order valence-corrected chi connectivity index (χ4v) is 2.60. The summed E-state index contributed by atoms with van der Waals surface area (Å²) in [5.74, 6) is 0. The average Bonchev–Trinajstić information content (AvgIpc) is 2.71. The number of hydrogen-bond donors (Lipinski definition) is 1. The van der Waals surface area contributed by atoms with Gasteiger partial charge in [0, 0.05) is 10.9 Å². The van der Waals surface area contributed by atoms with Crippen molar-refractivity contribution in [3.8, 4) is 0 Å². The lowest BCUT2D eigenvalue weighted by Gasteiger charge is -2.05. The topological polar surface area (TPSA) is 51.8 Å². The molecule has 15 heavy (non-hydrogen) atoms. The third-order valence-electron chi connectivity index (χ3n) is 1.95. The molecule has 0 unspecified atom stereocenters. The number of rotatable bonds is 3. The first-order chi connectivity index (χ1) is 7.25. The van der Waals surface area contributed by atoms with Crippen molar-refractivity contribution < 1.29 is 0 Å². The molecular weight excluding hydrogens is 226 g/mol. The predicted molar refractivity (Wildman–Crippen MR) is 63.1 cm³/mol. The number of hydrogen-bond acceptors (Lipinski definition) is 5. The summed E-state index contributed by atoms with van der Waals surface area (Å²) in [6, 6.07) is 8.31. The Hall–Kier alpha value is -0.910. The molecule has 0 aliphatic rings. The lowest BCUT2D eigenvalue weighted by Crippen LogP contribution is -2.04. The third-order valence-corrected chi connectivity index (χ3v) is 3.74. The van der Waals surface area contributed by atoms with E-state index in [1.807, 2.05) is 19.1 Å². The molecule has 0 saturated heterocycles. The second-order valence-electron chi connectivity index (χ2n) is 3.16. The zero-order valence-electron chi connectivity index (χ0n) is 8.25. The van der Waals surface area contributed by atoms with Crippen LogP contribution in [0.25, 0.3) is 0 Å². The molecule has 1 aromatic heterocycles. The second kappa shape index (κ2) is 4.74. The first-order valence-corrected chi connectivity index (χ1v) is 6.25. The van der Waals surface area contributed by atoms with E-state index in [1.165, 1.54) is 0 Å². The van der Waals surface area contributed by atoms with Crippen LogP contribution in [-0.4, -0.2) is 10.2 Å². The van der Waals surface area contributed by atoms with Crippen LogP contribution in [-0.2, 0) is 0 Å². The highest BCUT2D eigenvalue weighted by molar-refractivity contribution is 8.01. The first kappa shape index (κ1) is 10.6. The molecule has 2 aromatic rings. The maximum absolute atomic E-state index is 5.77. The summed E-state index contributed by atoms with van der Waals surface area (Å²) in [6.07, 6.45) is 0. The quantitative estimate of drug-likeness (QED) is 0.891. The molecule has 0 saturated carbocycles. The molecule has 0 aliphatic carbocycles. The zero-order valence-corrected chi connectivity index (χ0v) is 9.89. The second-order valence-corrected chi connectivity index (χ2v) is 5.32. The summed E-state index contributed by atoms with van der Waals surface area (Å²) in [6.45, 7) is 1.98. The molecule has 2 N–H and O–H groups in total. The van der Waals surface area contributed by atoms with Gasteiger partial charge in [-0.25, -0.2) is 0 Å². The van der Waals surface area contributed by atoms with Gasteiger partial charge in [-0.2, -0.15) is 0 Å². The van der Waals surface area contributed by atoms with E-state index < -0.39 is 0 Å². The smallest absolute Gasteiger partial charge is 0.178 e. The predicted octanol–water partition coefficient (Wildman–Crippen LogP) is 2.71. The standard InChI is InChI=1S/C10H11N3S2/c1-7(11)8-2-4-9(5-3-8)15-10-13-12-6-14-10/h2-7H,11H2,1H3/t7-/m1/s1. The summed E-state index contributed by atoms with van der Waals surface area (Å²) in [7, 11) is 0. The van der Waals surface area contributed by atoms with Crippen LogP contribution in [0.15, 0.2) is 39.0 Å². The summed E-state index contributed by atoms with van der Waals surface area (Å²) in [4.78, 5) is 1.16. The first-order valence-electron chi connectivity index (χ1n) is 4.55. The van der Waals surface area contributed by atoms with Crippen molar-refractivity contribution >= 4 is 23.1 Å². The van der Waals surface area contributed by atoms with E-state index in [9.17, 15) is 0 Å². The molecule has 3 nitrogen and oxygen atoms in total. The molecule has 0 aliphatic heterocycles. The van der Waals surface area contributed by atoms with Gasteiger partial charge in [-0.1, -0.05) is 35.2 Å². The molecular formula is C10H11N3S2. The molecule has 0 bridgehead atoms. The Balaban J connectivity index is 2.11. The van der Waals surface area contributed by atoms with Gasteiger partial charge >= 0.3 is 0 Å². The van der Waals surface area contributed by atoms with Crippen LogP contribution in [0.1, 0.15) is 18.5 Å². The maximum atomic E-state index is 5.77. The Morgan fingerprint density at radius 3 is 2.60 bits per heavy atom. The average molecular weight is 237 g/mol. The number of aromatic nitrogens is 2. The van der Waals surface area contributed by atoms with E-state index in [1.54, 1.807) is 28.6 Å². The number of benzene rings is 1. The van der Waals surface area contributed by atoms with Crippen LogP contribution in [0, 0.1) is 0 Å². The minimum atomic E-state index is 0.0885. The van der Waals surface area contributed by atoms with Crippen LogP contribution in [0.5, 0.6) is 0 Å². The minimum Gasteiger partial charge on any atom is -0.324 e. The zero-order chi connectivity index (χ0) is 10.7. The molecule has 0 radical (unpaired) electrons. The molecule has 5 heteroatoms. The molecule has 0 amide bonds. The van der Waals surface area contributed by atoms with Crippen LogP contribution in [0.3, 0.4) is 0 Å². The van der Waals surface area contributed by atoms with Gasteiger partial charge in [-0.05, 0) is 24.6 Å². The highest BCUT2D eigenvalue weighted by Gasteiger charge is 2.02.